The minimum absolute atomic E-state index is 0.00781. The molecule has 0 saturated carbocycles. The van der Waals surface area contributed by atoms with Gasteiger partial charge in [-0.05, 0) is 49.1 Å². The number of nitrogen functional groups attached to an aromatic ring is 1. The van der Waals surface area contributed by atoms with Crippen molar-refractivity contribution in [1.82, 2.24) is 34.6 Å². The quantitative estimate of drug-likeness (QED) is 0.329. The second-order valence-electron chi connectivity index (χ2n) is 10.8. The van der Waals surface area contributed by atoms with E-state index in [-0.39, 0.29) is 24.7 Å². The number of hydrogen-bond acceptors (Lipinski definition) is 7. The van der Waals surface area contributed by atoms with Crippen LogP contribution in [0, 0.1) is 0 Å². The van der Waals surface area contributed by atoms with Gasteiger partial charge in [-0.1, -0.05) is 42.5 Å². The molecular weight excluding hydrogens is 504 g/mol. The number of nitrogens with one attached hydrogen (secondary N) is 1. The molecule has 2 unspecified atom stereocenters. The molecule has 3 N–H and O–H groups in total. The molecule has 2 fully saturated rings. The number of fused-ring (bicyclic) bond motifs is 3. The standard InChI is InChI=1S/C30H32N8O2/c31-30-29-24(21-8-9-22-16-37(35-26(22)13-21)15-20-5-2-1-3-6-20)14-23(38(29)33-19-32-30)7-4-11-36-12-10-25-27(17-36)40-18-28(39)34-25/h1-3,5-6,8-9,13-14,16,19,25,27H,4,7,10-12,15,17-18H2,(H,34,39)(H2,31,32,33). The van der Waals surface area contributed by atoms with Crippen LogP contribution in [0.2, 0.25) is 0 Å². The van der Waals surface area contributed by atoms with E-state index in [9.17, 15) is 4.79 Å². The molecule has 7 rings (SSSR count). The zero-order chi connectivity index (χ0) is 27.1. The number of hydrogen-bond donors (Lipinski definition) is 2. The van der Waals surface area contributed by atoms with Crippen LogP contribution in [0.25, 0.3) is 27.5 Å². The number of benzene rings is 2. The van der Waals surface area contributed by atoms with Gasteiger partial charge in [-0.2, -0.15) is 10.2 Å². The van der Waals surface area contributed by atoms with Crippen LogP contribution in [-0.2, 0) is 22.5 Å². The predicted octanol–water partition coefficient (Wildman–Crippen LogP) is 2.90. The molecule has 3 aromatic heterocycles. The number of carbonyl (C=O) groups excluding carboxylic acids is 1. The summed E-state index contributed by atoms with van der Waals surface area (Å²) < 4.78 is 9.70. The van der Waals surface area contributed by atoms with E-state index in [1.807, 2.05) is 27.4 Å². The molecule has 2 aromatic carbocycles. The molecule has 2 aliphatic heterocycles. The van der Waals surface area contributed by atoms with E-state index in [2.05, 4.69) is 62.9 Å². The van der Waals surface area contributed by atoms with Crippen LogP contribution < -0.4 is 11.1 Å². The van der Waals surface area contributed by atoms with Gasteiger partial charge in [-0.15, -0.1) is 0 Å². The van der Waals surface area contributed by atoms with Crippen molar-refractivity contribution in [2.45, 2.75) is 38.0 Å². The number of anilines is 1. The Morgan fingerprint density at radius 2 is 2.02 bits per heavy atom. The third-order valence-corrected chi connectivity index (χ3v) is 8.04. The zero-order valence-electron chi connectivity index (χ0n) is 22.2. The number of amides is 1. The Morgan fingerprint density at radius 1 is 1.12 bits per heavy atom. The Bertz CT molecular complexity index is 1680. The summed E-state index contributed by atoms with van der Waals surface area (Å²) in [6.45, 7) is 3.64. The van der Waals surface area contributed by atoms with Gasteiger partial charge >= 0.3 is 0 Å². The maximum atomic E-state index is 11.6. The molecule has 2 aliphatic rings. The highest BCUT2D eigenvalue weighted by Gasteiger charge is 2.34. The fourth-order valence-electron chi connectivity index (χ4n) is 6.05. The van der Waals surface area contributed by atoms with Crippen molar-refractivity contribution in [3.8, 4) is 11.1 Å². The SMILES string of the molecule is Nc1ncnn2c(CCCN3CCC4NC(=O)COC4C3)cc(-c3ccc4cn(Cc5ccccc5)nc4c3)c12. The molecule has 5 heterocycles. The second-order valence-corrected chi connectivity index (χ2v) is 10.8. The molecule has 2 atom stereocenters. The van der Waals surface area contributed by atoms with E-state index in [1.165, 1.54) is 11.9 Å². The number of ether oxygens (including phenoxy) is 1. The van der Waals surface area contributed by atoms with E-state index >= 15 is 0 Å². The topological polar surface area (TPSA) is 116 Å². The maximum Gasteiger partial charge on any atom is 0.246 e. The van der Waals surface area contributed by atoms with Crippen LogP contribution in [0.15, 0.2) is 67.1 Å². The summed E-state index contributed by atoms with van der Waals surface area (Å²) in [5.41, 5.74) is 12.5. The Balaban J connectivity index is 1.10. The molecule has 10 heteroatoms. The summed E-state index contributed by atoms with van der Waals surface area (Å²) in [6, 6.07) is 19.0. The fourth-order valence-corrected chi connectivity index (χ4v) is 6.05. The summed E-state index contributed by atoms with van der Waals surface area (Å²) in [6.07, 6.45) is 6.43. The normalized spacial score (nSPS) is 19.6. The van der Waals surface area contributed by atoms with Crippen molar-refractivity contribution in [1.29, 1.82) is 0 Å². The van der Waals surface area contributed by atoms with Gasteiger partial charge in [-0.25, -0.2) is 9.50 Å². The van der Waals surface area contributed by atoms with Crippen molar-refractivity contribution < 1.29 is 9.53 Å². The number of piperidine rings is 1. The Kier molecular flexibility index (Phi) is 6.41. The van der Waals surface area contributed by atoms with Gasteiger partial charge in [0.25, 0.3) is 0 Å². The van der Waals surface area contributed by atoms with Crippen LogP contribution >= 0.6 is 0 Å². The molecule has 0 bridgehead atoms. The molecular formula is C30H32N8O2. The van der Waals surface area contributed by atoms with Crippen LogP contribution in [0.5, 0.6) is 0 Å². The van der Waals surface area contributed by atoms with Crippen LogP contribution in [0.1, 0.15) is 24.1 Å². The van der Waals surface area contributed by atoms with Gasteiger partial charge in [0.1, 0.15) is 18.5 Å². The van der Waals surface area contributed by atoms with Gasteiger partial charge in [0.05, 0.1) is 24.2 Å². The van der Waals surface area contributed by atoms with Crippen LogP contribution in [-0.4, -0.2) is 73.6 Å². The van der Waals surface area contributed by atoms with Gasteiger partial charge in [-0.3, -0.25) is 9.48 Å². The first kappa shape index (κ1) is 24.7. The summed E-state index contributed by atoms with van der Waals surface area (Å²) in [5, 5.41) is 13.6. The first-order valence-corrected chi connectivity index (χ1v) is 13.9. The number of aromatic nitrogens is 5. The molecule has 1 amide bonds. The zero-order valence-corrected chi connectivity index (χ0v) is 22.2. The number of aryl methyl sites for hydroxylation is 1. The number of likely N-dealkylation sites (tertiary alicyclic amines) is 1. The van der Waals surface area contributed by atoms with Crippen molar-refractivity contribution >= 4 is 28.1 Å². The lowest BCUT2D eigenvalue weighted by atomic mass is 10.00. The Labute approximate surface area is 231 Å². The molecule has 5 aromatic rings. The smallest absolute Gasteiger partial charge is 0.246 e. The highest BCUT2D eigenvalue weighted by Crippen LogP contribution is 2.32. The van der Waals surface area contributed by atoms with Crippen molar-refractivity contribution in [2.24, 2.45) is 0 Å². The molecule has 10 nitrogen and oxygen atoms in total. The highest BCUT2D eigenvalue weighted by atomic mass is 16.5. The Morgan fingerprint density at radius 3 is 2.92 bits per heavy atom. The molecule has 0 spiro atoms. The van der Waals surface area contributed by atoms with Crippen LogP contribution in [0.3, 0.4) is 0 Å². The first-order chi connectivity index (χ1) is 19.6. The number of morpholine rings is 1. The lowest BCUT2D eigenvalue weighted by Crippen LogP contribution is -2.59. The number of rotatable bonds is 7. The van der Waals surface area contributed by atoms with Gasteiger partial charge in [0.15, 0.2) is 5.82 Å². The van der Waals surface area contributed by atoms with Crippen molar-refractivity contribution in [2.75, 3.05) is 32.0 Å². The third-order valence-electron chi connectivity index (χ3n) is 8.04. The summed E-state index contributed by atoms with van der Waals surface area (Å²) in [4.78, 5) is 18.3. The van der Waals surface area contributed by atoms with E-state index in [0.717, 1.165) is 78.7 Å². The van der Waals surface area contributed by atoms with Gasteiger partial charge in [0, 0.05) is 35.9 Å². The lowest BCUT2D eigenvalue weighted by Gasteiger charge is -2.41. The molecule has 40 heavy (non-hydrogen) atoms. The summed E-state index contributed by atoms with van der Waals surface area (Å²) in [5.74, 6) is 0.455. The number of nitrogens with two attached hydrogens (primary N) is 1. The average Bonchev–Trinajstić information content (AvgIpc) is 3.55. The van der Waals surface area contributed by atoms with Crippen molar-refractivity contribution in [3.05, 3.63) is 78.4 Å². The van der Waals surface area contributed by atoms with Crippen molar-refractivity contribution in [3.63, 3.8) is 0 Å². The van der Waals surface area contributed by atoms with E-state index in [1.54, 1.807) is 0 Å². The van der Waals surface area contributed by atoms with Gasteiger partial charge in [0.2, 0.25) is 5.91 Å². The summed E-state index contributed by atoms with van der Waals surface area (Å²) in [7, 11) is 0. The monoisotopic (exact) mass is 536 g/mol. The fraction of sp³-hybridized carbons (Fsp3) is 0.333. The predicted molar refractivity (Wildman–Crippen MR) is 153 cm³/mol. The van der Waals surface area contributed by atoms with E-state index in [4.69, 9.17) is 15.6 Å². The molecule has 204 valence electrons. The minimum atomic E-state index is -0.00781. The van der Waals surface area contributed by atoms with Gasteiger partial charge < -0.3 is 20.7 Å². The minimum Gasteiger partial charge on any atom is -0.382 e. The largest absolute Gasteiger partial charge is 0.382 e. The summed E-state index contributed by atoms with van der Waals surface area (Å²) >= 11 is 0. The molecule has 2 saturated heterocycles. The third kappa shape index (κ3) is 4.80. The number of nitrogens with zero attached hydrogens (tertiary/aromatic N) is 6. The lowest BCUT2D eigenvalue weighted by molar-refractivity contribution is -0.140. The Hall–Kier alpha value is -4.28. The maximum absolute atomic E-state index is 11.6. The van der Waals surface area contributed by atoms with E-state index < -0.39 is 0 Å². The molecule has 0 aliphatic carbocycles. The highest BCUT2D eigenvalue weighted by molar-refractivity contribution is 5.92. The second kappa shape index (κ2) is 10.4. The van der Waals surface area contributed by atoms with E-state index in [0.29, 0.717) is 5.82 Å². The average molecular weight is 537 g/mol. The number of carbonyl (C=O) groups is 1. The first-order valence-electron chi connectivity index (χ1n) is 13.9. The van der Waals surface area contributed by atoms with Crippen LogP contribution in [0.4, 0.5) is 5.82 Å². The molecule has 0 radical (unpaired) electrons.